The van der Waals surface area contributed by atoms with Gasteiger partial charge in [0, 0.05) is 20.4 Å². The number of anilines is 1. The molecule has 138 valence electrons. The number of aliphatic carboxylic acids is 1. The minimum atomic E-state index is -1.39. The van der Waals surface area contributed by atoms with Crippen LogP contribution in [-0.2, 0) is 25.7 Å². The zero-order valence-corrected chi connectivity index (χ0v) is 13.8. The van der Waals surface area contributed by atoms with Crippen molar-refractivity contribution in [2.45, 2.75) is 44.6 Å². The second-order valence-corrected chi connectivity index (χ2v) is 5.60. The largest absolute Gasteiger partial charge is 0.479 e. The summed E-state index contributed by atoms with van der Waals surface area (Å²) < 4.78 is 15.7. The third kappa shape index (κ3) is 4.81. The molecule has 1 aromatic rings. The summed E-state index contributed by atoms with van der Waals surface area (Å²) in [5.41, 5.74) is 1.23. The molecule has 9 nitrogen and oxygen atoms in total. The second kappa shape index (κ2) is 8.15. The first-order valence-electron chi connectivity index (χ1n) is 7.67. The first-order chi connectivity index (χ1) is 11.8. The van der Waals surface area contributed by atoms with E-state index in [2.05, 4.69) is 5.32 Å². The smallest absolute Gasteiger partial charge is 0.333 e. The van der Waals surface area contributed by atoms with Crippen molar-refractivity contribution in [1.82, 2.24) is 0 Å². The molecule has 1 aliphatic heterocycles. The van der Waals surface area contributed by atoms with E-state index in [0.29, 0.717) is 11.3 Å². The minimum Gasteiger partial charge on any atom is -0.479 e. The number of carboxylic acids is 1. The molecule has 0 spiro atoms. The lowest BCUT2D eigenvalue weighted by Crippen LogP contribution is -2.52. The van der Waals surface area contributed by atoms with Gasteiger partial charge in [-0.15, -0.1) is 0 Å². The molecule has 1 unspecified atom stereocenters. The third-order valence-electron chi connectivity index (χ3n) is 3.70. The Balaban J connectivity index is 2.14. The fourth-order valence-corrected chi connectivity index (χ4v) is 2.37. The maximum atomic E-state index is 11.1. The predicted octanol–water partition coefficient (Wildman–Crippen LogP) is 0.0916. The zero-order chi connectivity index (χ0) is 18.6. The number of esters is 1. The van der Waals surface area contributed by atoms with Gasteiger partial charge in [-0.25, -0.2) is 4.79 Å². The Morgan fingerprint density at radius 1 is 1.36 bits per heavy atom. The number of rotatable bonds is 6. The average Bonchev–Trinajstić information content (AvgIpc) is 2.57. The highest BCUT2D eigenvalue weighted by Crippen LogP contribution is 2.30. The summed E-state index contributed by atoms with van der Waals surface area (Å²) in [6.07, 6.45) is -5.50. The molecular weight excluding hydrogens is 334 g/mol. The highest BCUT2D eigenvalue weighted by molar-refractivity contribution is 5.72. The SMILES string of the molecule is CNc1cc(COC(C)=O)ccc1O[C@@H]1OC(C(=O)O)C[C@H](O)[C@H]1O. The number of benzene rings is 1. The van der Waals surface area contributed by atoms with Crippen molar-refractivity contribution in [2.24, 2.45) is 0 Å². The fourth-order valence-electron chi connectivity index (χ4n) is 2.37. The quantitative estimate of drug-likeness (QED) is 0.524. The molecule has 1 saturated heterocycles. The number of hydrogen-bond acceptors (Lipinski definition) is 8. The average molecular weight is 355 g/mol. The molecule has 0 aliphatic carbocycles. The monoisotopic (exact) mass is 355 g/mol. The van der Waals surface area contributed by atoms with E-state index in [4.69, 9.17) is 19.3 Å². The van der Waals surface area contributed by atoms with Gasteiger partial charge in [-0.3, -0.25) is 4.79 Å². The van der Waals surface area contributed by atoms with E-state index in [-0.39, 0.29) is 18.8 Å². The molecule has 0 amide bonds. The Hall–Kier alpha value is -2.36. The van der Waals surface area contributed by atoms with Gasteiger partial charge in [0.2, 0.25) is 6.29 Å². The highest BCUT2D eigenvalue weighted by atomic mass is 16.7. The van der Waals surface area contributed by atoms with E-state index in [1.54, 1.807) is 25.2 Å². The number of nitrogens with one attached hydrogen (secondary N) is 1. The van der Waals surface area contributed by atoms with E-state index in [1.807, 2.05) is 0 Å². The first kappa shape index (κ1) is 19.0. The van der Waals surface area contributed by atoms with Crippen LogP contribution in [-0.4, -0.2) is 58.9 Å². The van der Waals surface area contributed by atoms with Crippen molar-refractivity contribution in [3.63, 3.8) is 0 Å². The number of carbonyl (C=O) groups is 2. The van der Waals surface area contributed by atoms with Gasteiger partial charge < -0.3 is 34.8 Å². The molecule has 0 saturated carbocycles. The Morgan fingerprint density at radius 2 is 2.08 bits per heavy atom. The van der Waals surface area contributed by atoms with Crippen LogP contribution in [0.4, 0.5) is 5.69 Å². The molecular formula is C16H21NO8. The van der Waals surface area contributed by atoms with Crippen LogP contribution in [0.5, 0.6) is 5.75 Å². The van der Waals surface area contributed by atoms with Gasteiger partial charge in [-0.05, 0) is 17.7 Å². The van der Waals surface area contributed by atoms with Gasteiger partial charge >= 0.3 is 11.9 Å². The molecule has 4 atom stereocenters. The zero-order valence-electron chi connectivity index (χ0n) is 13.8. The van der Waals surface area contributed by atoms with Crippen molar-refractivity contribution in [3.05, 3.63) is 23.8 Å². The minimum absolute atomic E-state index is 0.0899. The van der Waals surface area contributed by atoms with Crippen LogP contribution in [0.1, 0.15) is 18.9 Å². The highest BCUT2D eigenvalue weighted by Gasteiger charge is 2.41. The molecule has 0 radical (unpaired) electrons. The molecule has 25 heavy (non-hydrogen) atoms. The van der Waals surface area contributed by atoms with E-state index < -0.39 is 36.5 Å². The van der Waals surface area contributed by atoms with Gasteiger partial charge in [-0.1, -0.05) is 6.07 Å². The first-order valence-corrected chi connectivity index (χ1v) is 7.67. The molecule has 0 aromatic heterocycles. The maximum Gasteiger partial charge on any atom is 0.333 e. The second-order valence-electron chi connectivity index (χ2n) is 5.60. The molecule has 9 heteroatoms. The number of ether oxygens (including phenoxy) is 3. The van der Waals surface area contributed by atoms with Crippen molar-refractivity contribution in [1.29, 1.82) is 0 Å². The number of carboxylic acid groups (broad SMARTS) is 1. The van der Waals surface area contributed by atoms with E-state index in [9.17, 15) is 19.8 Å². The number of aliphatic hydroxyl groups is 2. The number of hydrogen-bond donors (Lipinski definition) is 4. The van der Waals surface area contributed by atoms with Gasteiger partial charge in [0.1, 0.15) is 18.5 Å². The van der Waals surface area contributed by atoms with Crippen LogP contribution >= 0.6 is 0 Å². The van der Waals surface area contributed by atoms with Crippen molar-refractivity contribution in [2.75, 3.05) is 12.4 Å². The maximum absolute atomic E-state index is 11.1. The number of aliphatic hydroxyl groups excluding tert-OH is 2. The fraction of sp³-hybridized carbons (Fsp3) is 0.500. The summed E-state index contributed by atoms with van der Waals surface area (Å²) in [5.74, 6) is -1.36. The standard InChI is InChI=1S/C16H21NO8/c1-8(18)23-7-9-3-4-12(10(5-9)17-2)24-16-14(20)11(19)6-13(25-16)15(21)22/h3-5,11,13-14,16-17,19-20H,6-7H2,1-2H3,(H,21,22)/t11-,13?,14+,16+/m0/s1. The summed E-state index contributed by atoms with van der Waals surface area (Å²) in [7, 11) is 1.64. The summed E-state index contributed by atoms with van der Waals surface area (Å²) in [6.45, 7) is 1.40. The third-order valence-corrected chi connectivity index (χ3v) is 3.70. The molecule has 1 aliphatic rings. The summed E-state index contributed by atoms with van der Waals surface area (Å²) in [4.78, 5) is 21.9. The molecule has 1 heterocycles. The lowest BCUT2D eigenvalue weighted by atomic mass is 10.0. The molecule has 1 fully saturated rings. The lowest BCUT2D eigenvalue weighted by Gasteiger charge is -2.35. The van der Waals surface area contributed by atoms with E-state index >= 15 is 0 Å². The van der Waals surface area contributed by atoms with Crippen LogP contribution in [0, 0.1) is 0 Å². The van der Waals surface area contributed by atoms with Crippen LogP contribution < -0.4 is 10.1 Å². The number of carbonyl (C=O) groups excluding carboxylic acids is 1. The van der Waals surface area contributed by atoms with Gasteiger partial charge in [-0.2, -0.15) is 0 Å². The Labute approximate surface area is 144 Å². The van der Waals surface area contributed by atoms with Crippen LogP contribution in [0.3, 0.4) is 0 Å². The molecule has 4 N–H and O–H groups in total. The topological polar surface area (TPSA) is 135 Å². The molecule has 1 aromatic carbocycles. The van der Waals surface area contributed by atoms with Crippen LogP contribution in [0.25, 0.3) is 0 Å². The Morgan fingerprint density at radius 3 is 2.68 bits per heavy atom. The Kier molecular flexibility index (Phi) is 6.18. The predicted molar refractivity (Wildman–Crippen MR) is 85.0 cm³/mol. The molecule has 0 bridgehead atoms. The summed E-state index contributed by atoms with van der Waals surface area (Å²) in [6, 6.07) is 4.90. The van der Waals surface area contributed by atoms with Gasteiger partial charge in [0.25, 0.3) is 0 Å². The van der Waals surface area contributed by atoms with Gasteiger partial charge in [0.05, 0.1) is 11.8 Å². The summed E-state index contributed by atoms with van der Waals surface area (Å²) in [5, 5.41) is 31.7. The van der Waals surface area contributed by atoms with E-state index in [0.717, 1.165) is 0 Å². The lowest BCUT2D eigenvalue weighted by molar-refractivity contribution is -0.238. The van der Waals surface area contributed by atoms with Gasteiger partial charge in [0.15, 0.2) is 6.10 Å². The molecule has 2 rings (SSSR count). The normalized spacial score (nSPS) is 25.9. The van der Waals surface area contributed by atoms with Crippen molar-refractivity contribution < 1.29 is 39.1 Å². The van der Waals surface area contributed by atoms with E-state index in [1.165, 1.54) is 6.92 Å². The summed E-state index contributed by atoms with van der Waals surface area (Å²) >= 11 is 0. The van der Waals surface area contributed by atoms with Crippen LogP contribution in [0.15, 0.2) is 18.2 Å². The van der Waals surface area contributed by atoms with Crippen molar-refractivity contribution >= 4 is 17.6 Å². The van der Waals surface area contributed by atoms with Crippen molar-refractivity contribution in [3.8, 4) is 5.75 Å². The Bertz CT molecular complexity index is 635. The van der Waals surface area contributed by atoms with Crippen LogP contribution in [0.2, 0.25) is 0 Å².